The SMILES string of the molecule is CC(C)C1=C([C@H](O)CC/C(=C/c2cc(Br)ccc2O)c2ccccn2)[C@H](CO)[C@@H]2C(=O)N(c3ccccc3)C(=O)[C@@H]2C1. The number of anilines is 1. The van der Waals surface area contributed by atoms with E-state index >= 15 is 0 Å². The van der Waals surface area contributed by atoms with Crippen LogP contribution in [0.4, 0.5) is 5.69 Å². The number of fused-ring (bicyclic) bond motifs is 1. The predicted molar refractivity (Wildman–Crippen MR) is 166 cm³/mol. The number of aliphatic hydroxyl groups is 2. The number of allylic oxidation sites excluding steroid dienone is 2. The van der Waals surface area contributed by atoms with E-state index in [1.54, 1.807) is 42.6 Å². The maximum absolute atomic E-state index is 13.7. The van der Waals surface area contributed by atoms with Gasteiger partial charge in [0.2, 0.25) is 11.8 Å². The van der Waals surface area contributed by atoms with Gasteiger partial charge in [-0.3, -0.25) is 19.5 Å². The molecule has 1 saturated heterocycles. The van der Waals surface area contributed by atoms with Crippen LogP contribution < -0.4 is 4.90 Å². The second-order valence-electron chi connectivity index (χ2n) is 11.3. The lowest BCUT2D eigenvalue weighted by Crippen LogP contribution is -2.39. The third-order valence-electron chi connectivity index (χ3n) is 8.39. The van der Waals surface area contributed by atoms with E-state index in [4.69, 9.17) is 0 Å². The highest BCUT2D eigenvalue weighted by Crippen LogP contribution is 2.49. The first-order valence-electron chi connectivity index (χ1n) is 14.3. The number of phenolic OH excluding ortho intramolecular Hbond substituents is 1. The van der Waals surface area contributed by atoms with E-state index in [1.807, 2.05) is 50.3 Å². The van der Waals surface area contributed by atoms with Gasteiger partial charge in [-0.1, -0.05) is 59.6 Å². The quantitative estimate of drug-likeness (QED) is 0.197. The van der Waals surface area contributed by atoms with E-state index in [1.165, 1.54) is 4.90 Å². The molecule has 0 spiro atoms. The number of carbonyl (C=O) groups is 2. The number of hydrogen-bond acceptors (Lipinski definition) is 6. The minimum atomic E-state index is -0.947. The van der Waals surface area contributed by atoms with Crippen LogP contribution in [-0.2, 0) is 9.59 Å². The highest BCUT2D eigenvalue weighted by atomic mass is 79.9. The normalized spacial score (nSPS) is 21.7. The predicted octanol–water partition coefficient (Wildman–Crippen LogP) is 6.00. The molecule has 218 valence electrons. The van der Waals surface area contributed by atoms with Crippen molar-refractivity contribution in [2.45, 2.75) is 39.2 Å². The van der Waals surface area contributed by atoms with Crippen LogP contribution >= 0.6 is 15.9 Å². The minimum absolute atomic E-state index is 0.0164. The van der Waals surface area contributed by atoms with Crippen molar-refractivity contribution in [2.75, 3.05) is 11.5 Å². The van der Waals surface area contributed by atoms with Gasteiger partial charge in [-0.2, -0.15) is 0 Å². The fourth-order valence-electron chi connectivity index (χ4n) is 6.38. The lowest BCUT2D eigenvalue weighted by Gasteiger charge is -2.38. The summed E-state index contributed by atoms with van der Waals surface area (Å²) in [5.74, 6) is -2.42. The van der Waals surface area contributed by atoms with Crippen LogP contribution in [-0.4, -0.2) is 44.8 Å². The summed E-state index contributed by atoms with van der Waals surface area (Å²) in [5.41, 5.74) is 4.27. The number of nitrogens with zero attached hydrogens (tertiary/aromatic N) is 2. The molecule has 3 N–H and O–H groups in total. The molecule has 1 aromatic heterocycles. The standard InChI is InChI=1S/C34H35BrN2O5/c1-20(2)25-18-26-32(34(42)37(33(26)41)24-8-4-3-5-9-24)27(19-38)31(25)30(40)13-11-21(28-10-6-7-15-36-28)16-22-17-23(35)12-14-29(22)39/h3-10,12,14-17,20,26-27,30,32,38-40H,11,13,18-19H2,1-2H3/b21-16-/t26-,27+,30-,32-/m1/s1. The lowest BCUT2D eigenvalue weighted by molar-refractivity contribution is -0.123. The molecule has 7 nitrogen and oxygen atoms in total. The average molecular weight is 632 g/mol. The molecule has 2 amide bonds. The number of halogens is 1. The highest BCUT2D eigenvalue weighted by Gasteiger charge is 2.55. The summed E-state index contributed by atoms with van der Waals surface area (Å²) in [5, 5.41) is 32.8. The maximum atomic E-state index is 13.7. The smallest absolute Gasteiger partial charge is 0.238 e. The average Bonchev–Trinajstić information content (AvgIpc) is 3.25. The van der Waals surface area contributed by atoms with E-state index < -0.39 is 23.9 Å². The van der Waals surface area contributed by atoms with E-state index in [0.29, 0.717) is 36.1 Å². The molecule has 1 aliphatic carbocycles. The molecule has 0 unspecified atom stereocenters. The molecule has 0 bridgehead atoms. The van der Waals surface area contributed by atoms with Crippen molar-refractivity contribution in [3.05, 3.63) is 99.8 Å². The van der Waals surface area contributed by atoms with Crippen molar-refractivity contribution in [1.29, 1.82) is 0 Å². The van der Waals surface area contributed by atoms with E-state index in [2.05, 4.69) is 20.9 Å². The number of amides is 2. The van der Waals surface area contributed by atoms with Crippen molar-refractivity contribution < 1.29 is 24.9 Å². The van der Waals surface area contributed by atoms with Crippen LogP contribution in [0.2, 0.25) is 0 Å². The molecule has 2 heterocycles. The molecular weight excluding hydrogens is 596 g/mol. The lowest BCUT2D eigenvalue weighted by atomic mass is 9.66. The number of para-hydroxylation sites is 1. The molecule has 5 rings (SSSR count). The molecule has 8 heteroatoms. The Hall–Kier alpha value is -3.59. The molecular formula is C34H35BrN2O5. The highest BCUT2D eigenvalue weighted by molar-refractivity contribution is 9.10. The van der Waals surface area contributed by atoms with Gasteiger partial charge in [-0.05, 0) is 84.9 Å². The van der Waals surface area contributed by atoms with Crippen LogP contribution in [0.1, 0.15) is 44.4 Å². The molecule has 0 saturated carbocycles. The molecule has 2 aromatic carbocycles. The molecule has 1 aliphatic heterocycles. The van der Waals surface area contributed by atoms with Crippen LogP contribution in [0.15, 0.2) is 88.5 Å². The molecule has 1 fully saturated rings. The van der Waals surface area contributed by atoms with E-state index in [0.717, 1.165) is 21.3 Å². The number of aliphatic hydroxyl groups excluding tert-OH is 2. The van der Waals surface area contributed by atoms with Crippen molar-refractivity contribution in [3.63, 3.8) is 0 Å². The van der Waals surface area contributed by atoms with E-state index in [-0.39, 0.29) is 30.1 Å². The number of phenols is 1. The minimum Gasteiger partial charge on any atom is -0.507 e. The number of hydrogen-bond donors (Lipinski definition) is 3. The first kappa shape index (κ1) is 29.9. The summed E-state index contributed by atoms with van der Waals surface area (Å²) in [6, 6.07) is 19.7. The number of benzene rings is 2. The van der Waals surface area contributed by atoms with Crippen molar-refractivity contribution in [2.24, 2.45) is 23.7 Å². The Morgan fingerprint density at radius 3 is 2.48 bits per heavy atom. The Morgan fingerprint density at radius 2 is 1.81 bits per heavy atom. The first-order valence-corrected chi connectivity index (χ1v) is 15.1. The Kier molecular flexibility index (Phi) is 9.06. The third kappa shape index (κ3) is 5.84. The Bertz CT molecular complexity index is 1520. The van der Waals surface area contributed by atoms with Gasteiger partial charge >= 0.3 is 0 Å². The van der Waals surface area contributed by atoms with Crippen LogP contribution in [0.25, 0.3) is 11.6 Å². The molecule has 0 radical (unpaired) electrons. The number of rotatable bonds is 9. The molecule has 2 aliphatic rings. The Morgan fingerprint density at radius 1 is 1.07 bits per heavy atom. The molecule has 42 heavy (non-hydrogen) atoms. The van der Waals surface area contributed by atoms with Gasteiger partial charge in [-0.25, -0.2) is 0 Å². The summed E-state index contributed by atoms with van der Waals surface area (Å²) < 4.78 is 0.821. The van der Waals surface area contributed by atoms with Crippen LogP contribution in [0.5, 0.6) is 5.75 Å². The largest absolute Gasteiger partial charge is 0.507 e. The van der Waals surface area contributed by atoms with Gasteiger partial charge < -0.3 is 15.3 Å². The maximum Gasteiger partial charge on any atom is 0.238 e. The Balaban J connectivity index is 1.47. The second-order valence-corrected chi connectivity index (χ2v) is 12.2. The van der Waals surface area contributed by atoms with Gasteiger partial charge in [0, 0.05) is 22.2 Å². The van der Waals surface area contributed by atoms with Crippen LogP contribution in [0.3, 0.4) is 0 Å². The Labute approximate surface area is 254 Å². The zero-order valence-electron chi connectivity index (χ0n) is 23.7. The fourth-order valence-corrected chi connectivity index (χ4v) is 6.76. The van der Waals surface area contributed by atoms with Crippen LogP contribution in [0, 0.1) is 23.7 Å². The fraction of sp³-hybridized carbons (Fsp3) is 0.324. The summed E-state index contributed by atoms with van der Waals surface area (Å²) in [6.07, 6.45) is 3.72. The van der Waals surface area contributed by atoms with Gasteiger partial charge in [0.25, 0.3) is 0 Å². The van der Waals surface area contributed by atoms with Crippen molar-refractivity contribution in [3.8, 4) is 5.75 Å². The van der Waals surface area contributed by atoms with E-state index in [9.17, 15) is 24.9 Å². The number of pyridine rings is 1. The third-order valence-corrected chi connectivity index (χ3v) is 8.88. The summed E-state index contributed by atoms with van der Waals surface area (Å²) in [7, 11) is 0. The second kappa shape index (κ2) is 12.7. The number of aromatic nitrogens is 1. The van der Waals surface area contributed by atoms with Gasteiger partial charge in [0.05, 0.1) is 35.9 Å². The van der Waals surface area contributed by atoms with Gasteiger partial charge in [-0.15, -0.1) is 0 Å². The monoisotopic (exact) mass is 630 g/mol. The molecule has 4 atom stereocenters. The summed E-state index contributed by atoms with van der Waals surface area (Å²) in [4.78, 5) is 33.0. The van der Waals surface area contributed by atoms with Gasteiger partial charge in [0.1, 0.15) is 5.75 Å². The topological polar surface area (TPSA) is 111 Å². The number of imide groups is 1. The zero-order chi connectivity index (χ0) is 30.0. The van der Waals surface area contributed by atoms with Crippen molar-refractivity contribution in [1.82, 2.24) is 4.98 Å². The van der Waals surface area contributed by atoms with Gasteiger partial charge in [0.15, 0.2) is 0 Å². The first-order chi connectivity index (χ1) is 20.2. The summed E-state index contributed by atoms with van der Waals surface area (Å²) in [6.45, 7) is 3.69. The summed E-state index contributed by atoms with van der Waals surface area (Å²) >= 11 is 3.46. The molecule has 3 aromatic rings. The number of carbonyl (C=O) groups excluding carboxylic acids is 2. The number of aromatic hydroxyl groups is 1. The zero-order valence-corrected chi connectivity index (χ0v) is 25.2. The van der Waals surface area contributed by atoms with Crippen molar-refractivity contribution >= 4 is 45.1 Å².